The van der Waals surface area contributed by atoms with Crippen molar-refractivity contribution in [1.29, 1.82) is 0 Å². The summed E-state index contributed by atoms with van der Waals surface area (Å²) in [6.45, 7) is 3.77. The SMILES string of the molecule is CCCS(=O)(=O)NCCC(C)O. The van der Waals surface area contributed by atoms with E-state index in [1.807, 2.05) is 6.92 Å². The summed E-state index contributed by atoms with van der Waals surface area (Å²) < 4.78 is 24.4. The van der Waals surface area contributed by atoms with Crippen molar-refractivity contribution in [3.05, 3.63) is 0 Å². The zero-order valence-electron chi connectivity index (χ0n) is 7.58. The standard InChI is InChI=1S/C7H17NO3S/c1-3-6-12(10,11)8-5-4-7(2)9/h7-9H,3-6H2,1-2H3. The summed E-state index contributed by atoms with van der Waals surface area (Å²) in [5, 5.41) is 8.84. The van der Waals surface area contributed by atoms with E-state index in [4.69, 9.17) is 5.11 Å². The maximum Gasteiger partial charge on any atom is 0.211 e. The molecule has 2 N–H and O–H groups in total. The molecule has 1 unspecified atom stereocenters. The Morgan fingerprint density at radius 1 is 1.50 bits per heavy atom. The van der Waals surface area contributed by atoms with Crippen molar-refractivity contribution in [2.45, 2.75) is 32.8 Å². The zero-order valence-corrected chi connectivity index (χ0v) is 8.39. The lowest BCUT2D eigenvalue weighted by Gasteiger charge is -2.06. The number of nitrogens with one attached hydrogen (secondary N) is 1. The molecule has 74 valence electrons. The Morgan fingerprint density at radius 3 is 2.50 bits per heavy atom. The fourth-order valence-electron chi connectivity index (χ4n) is 0.764. The number of rotatable bonds is 6. The number of hydrogen-bond donors (Lipinski definition) is 2. The summed E-state index contributed by atoms with van der Waals surface area (Å²) in [4.78, 5) is 0. The highest BCUT2D eigenvalue weighted by molar-refractivity contribution is 7.89. The summed E-state index contributed by atoms with van der Waals surface area (Å²) >= 11 is 0. The zero-order chi connectivity index (χ0) is 9.61. The molecule has 0 saturated heterocycles. The first-order valence-corrected chi connectivity index (χ1v) is 5.78. The van der Waals surface area contributed by atoms with E-state index in [0.717, 1.165) is 0 Å². The van der Waals surface area contributed by atoms with E-state index >= 15 is 0 Å². The Hall–Kier alpha value is -0.130. The van der Waals surface area contributed by atoms with E-state index in [-0.39, 0.29) is 5.75 Å². The van der Waals surface area contributed by atoms with Crippen LogP contribution in [-0.4, -0.2) is 31.9 Å². The third-order valence-electron chi connectivity index (χ3n) is 1.36. The number of aliphatic hydroxyl groups excluding tert-OH is 1. The van der Waals surface area contributed by atoms with Gasteiger partial charge in [-0.2, -0.15) is 0 Å². The first kappa shape index (κ1) is 11.9. The summed E-state index contributed by atoms with van der Waals surface area (Å²) in [5.41, 5.74) is 0. The lowest BCUT2D eigenvalue weighted by molar-refractivity contribution is 0.186. The van der Waals surface area contributed by atoms with E-state index in [2.05, 4.69) is 4.72 Å². The van der Waals surface area contributed by atoms with Gasteiger partial charge in [-0.1, -0.05) is 6.92 Å². The smallest absolute Gasteiger partial charge is 0.211 e. The van der Waals surface area contributed by atoms with Crippen LogP contribution in [-0.2, 0) is 10.0 Å². The molecular weight excluding hydrogens is 178 g/mol. The van der Waals surface area contributed by atoms with Crippen molar-refractivity contribution in [2.75, 3.05) is 12.3 Å². The monoisotopic (exact) mass is 195 g/mol. The van der Waals surface area contributed by atoms with Gasteiger partial charge in [0.05, 0.1) is 11.9 Å². The van der Waals surface area contributed by atoms with Gasteiger partial charge >= 0.3 is 0 Å². The molecule has 0 amide bonds. The molecule has 1 atom stereocenters. The second-order valence-electron chi connectivity index (χ2n) is 2.85. The van der Waals surface area contributed by atoms with Crippen LogP contribution < -0.4 is 4.72 Å². The minimum Gasteiger partial charge on any atom is -0.393 e. The number of sulfonamides is 1. The van der Waals surface area contributed by atoms with Crippen LogP contribution in [0.2, 0.25) is 0 Å². The largest absolute Gasteiger partial charge is 0.393 e. The molecule has 0 heterocycles. The fraction of sp³-hybridized carbons (Fsp3) is 1.00. The number of aliphatic hydroxyl groups is 1. The second kappa shape index (κ2) is 5.50. The van der Waals surface area contributed by atoms with Gasteiger partial charge in [-0.05, 0) is 19.8 Å². The first-order chi connectivity index (χ1) is 5.48. The summed E-state index contributed by atoms with van der Waals surface area (Å²) in [6, 6.07) is 0. The molecule has 0 aromatic heterocycles. The Labute approximate surface area is 74.0 Å². The molecular formula is C7H17NO3S. The van der Waals surface area contributed by atoms with Crippen LogP contribution in [0.15, 0.2) is 0 Å². The van der Waals surface area contributed by atoms with Crippen LogP contribution in [0, 0.1) is 0 Å². The molecule has 0 saturated carbocycles. The molecule has 4 nitrogen and oxygen atoms in total. The maximum atomic E-state index is 11.0. The van der Waals surface area contributed by atoms with Crippen molar-refractivity contribution in [2.24, 2.45) is 0 Å². The minimum absolute atomic E-state index is 0.160. The molecule has 0 rings (SSSR count). The summed E-state index contributed by atoms with van der Waals surface area (Å²) in [5.74, 6) is 0.160. The third-order valence-corrected chi connectivity index (χ3v) is 2.95. The quantitative estimate of drug-likeness (QED) is 0.631. The summed E-state index contributed by atoms with van der Waals surface area (Å²) in [7, 11) is -3.09. The predicted molar refractivity (Wildman–Crippen MR) is 48.4 cm³/mol. The van der Waals surface area contributed by atoms with Gasteiger partial charge in [-0.3, -0.25) is 0 Å². The van der Waals surface area contributed by atoms with Gasteiger partial charge in [-0.15, -0.1) is 0 Å². The van der Waals surface area contributed by atoms with Crippen LogP contribution in [0.3, 0.4) is 0 Å². The van der Waals surface area contributed by atoms with Gasteiger partial charge in [0.2, 0.25) is 10.0 Å². The lowest BCUT2D eigenvalue weighted by atomic mass is 10.3. The van der Waals surface area contributed by atoms with Gasteiger partial charge in [-0.25, -0.2) is 13.1 Å². The van der Waals surface area contributed by atoms with Crippen LogP contribution in [0.5, 0.6) is 0 Å². The molecule has 0 aliphatic rings. The van der Waals surface area contributed by atoms with Crippen LogP contribution in [0.25, 0.3) is 0 Å². The van der Waals surface area contributed by atoms with Crippen molar-refractivity contribution < 1.29 is 13.5 Å². The Bertz CT molecular complexity index is 199. The topological polar surface area (TPSA) is 66.4 Å². The van der Waals surface area contributed by atoms with Gasteiger partial charge < -0.3 is 5.11 Å². The molecule has 0 bridgehead atoms. The Morgan fingerprint density at radius 2 is 2.08 bits per heavy atom. The predicted octanol–water partition coefficient (Wildman–Crippen LogP) is 0.0867. The number of hydrogen-bond acceptors (Lipinski definition) is 3. The highest BCUT2D eigenvalue weighted by Gasteiger charge is 2.07. The summed E-state index contributed by atoms with van der Waals surface area (Å²) in [6.07, 6.45) is 0.627. The van der Waals surface area contributed by atoms with Crippen molar-refractivity contribution in [3.8, 4) is 0 Å². The Kier molecular flexibility index (Phi) is 5.44. The highest BCUT2D eigenvalue weighted by atomic mass is 32.2. The highest BCUT2D eigenvalue weighted by Crippen LogP contribution is 1.91. The fourth-order valence-corrected chi connectivity index (χ4v) is 1.87. The lowest BCUT2D eigenvalue weighted by Crippen LogP contribution is -2.28. The average Bonchev–Trinajstić information content (AvgIpc) is 1.85. The molecule has 0 fully saturated rings. The van der Waals surface area contributed by atoms with Crippen molar-refractivity contribution >= 4 is 10.0 Å². The van der Waals surface area contributed by atoms with E-state index < -0.39 is 16.1 Å². The van der Waals surface area contributed by atoms with Crippen LogP contribution in [0.1, 0.15) is 26.7 Å². The van der Waals surface area contributed by atoms with Gasteiger partial charge in [0, 0.05) is 6.54 Å². The van der Waals surface area contributed by atoms with E-state index in [1.54, 1.807) is 6.92 Å². The molecule has 0 aliphatic carbocycles. The molecule has 12 heavy (non-hydrogen) atoms. The van der Waals surface area contributed by atoms with Crippen molar-refractivity contribution in [1.82, 2.24) is 4.72 Å². The third kappa shape index (κ3) is 6.57. The van der Waals surface area contributed by atoms with E-state index in [0.29, 0.717) is 19.4 Å². The van der Waals surface area contributed by atoms with Gasteiger partial charge in [0.25, 0.3) is 0 Å². The molecule has 0 spiro atoms. The van der Waals surface area contributed by atoms with Crippen LogP contribution in [0.4, 0.5) is 0 Å². The van der Waals surface area contributed by atoms with Crippen LogP contribution >= 0.6 is 0 Å². The van der Waals surface area contributed by atoms with E-state index in [1.165, 1.54) is 0 Å². The minimum atomic E-state index is -3.09. The molecule has 0 aromatic carbocycles. The molecule has 0 radical (unpaired) electrons. The molecule has 0 aliphatic heterocycles. The first-order valence-electron chi connectivity index (χ1n) is 4.13. The maximum absolute atomic E-state index is 11.0. The van der Waals surface area contributed by atoms with Gasteiger partial charge in [0.1, 0.15) is 0 Å². The normalized spacial score (nSPS) is 14.6. The Balaban J connectivity index is 3.62. The second-order valence-corrected chi connectivity index (χ2v) is 4.78. The average molecular weight is 195 g/mol. The van der Waals surface area contributed by atoms with Crippen molar-refractivity contribution in [3.63, 3.8) is 0 Å². The van der Waals surface area contributed by atoms with E-state index in [9.17, 15) is 8.42 Å². The van der Waals surface area contributed by atoms with Gasteiger partial charge in [0.15, 0.2) is 0 Å². The molecule has 0 aromatic rings. The molecule has 5 heteroatoms.